The Morgan fingerprint density at radius 3 is 2.22 bits per heavy atom. The van der Waals surface area contributed by atoms with Crippen LogP contribution in [0.3, 0.4) is 0 Å². The van der Waals surface area contributed by atoms with Crippen LogP contribution in [0.1, 0.15) is 6.92 Å². The van der Waals surface area contributed by atoms with Crippen molar-refractivity contribution < 1.29 is 19.6 Å². The number of hydroxylamine groups is 1. The standard InChI is InChI=1S/C3H10NO4P/c1-3(4-5)2-9(6,7)8/h3-5H,2H2,1H3,(H2,6,7,8). The zero-order chi connectivity index (χ0) is 7.49. The fourth-order valence-corrected chi connectivity index (χ4v) is 1.19. The topological polar surface area (TPSA) is 89.8 Å². The minimum atomic E-state index is -3.96. The van der Waals surface area contributed by atoms with E-state index in [2.05, 4.69) is 0 Å². The maximum Gasteiger partial charge on any atom is 0.327 e. The van der Waals surface area contributed by atoms with Crippen LogP contribution in [0.5, 0.6) is 0 Å². The Bertz CT molecular complexity index is 121. The van der Waals surface area contributed by atoms with E-state index in [-0.39, 0.29) is 6.16 Å². The average Bonchev–Trinajstić information content (AvgIpc) is 1.62. The SMILES string of the molecule is CC(CP(=O)(O)O)NO. The molecule has 0 saturated heterocycles. The van der Waals surface area contributed by atoms with E-state index in [9.17, 15) is 4.57 Å². The molecule has 4 N–H and O–H groups in total. The van der Waals surface area contributed by atoms with E-state index < -0.39 is 13.6 Å². The Morgan fingerprint density at radius 1 is 1.67 bits per heavy atom. The molecule has 0 bridgehead atoms. The van der Waals surface area contributed by atoms with Gasteiger partial charge in [-0.25, -0.2) is 5.48 Å². The highest BCUT2D eigenvalue weighted by molar-refractivity contribution is 7.51. The maximum atomic E-state index is 10.1. The van der Waals surface area contributed by atoms with Crippen molar-refractivity contribution in [1.29, 1.82) is 0 Å². The number of rotatable bonds is 3. The zero-order valence-electron chi connectivity index (χ0n) is 4.98. The van der Waals surface area contributed by atoms with Crippen LogP contribution in [0.25, 0.3) is 0 Å². The lowest BCUT2D eigenvalue weighted by molar-refractivity contribution is 0.138. The number of hydrogen-bond donors (Lipinski definition) is 4. The van der Waals surface area contributed by atoms with Gasteiger partial charge in [-0.05, 0) is 6.92 Å². The van der Waals surface area contributed by atoms with E-state index in [1.165, 1.54) is 6.92 Å². The fourth-order valence-electron chi connectivity index (χ4n) is 0.398. The van der Waals surface area contributed by atoms with E-state index in [1.54, 1.807) is 5.48 Å². The Labute approximate surface area is 52.8 Å². The Hall–Kier alpha value is 0.0700. The van der Waals surface area contributed by atoms with Crippen molar-refractivity contribution >= 4 is 7.60 Å². The van der Waals surface area contributed by atoms with Crippen LogP contribution in [-0.4, -0.2) is 27.2 Å². The third kappa shape index (κ3) is 5.95. The van der Waals surface area contributed by atoms with Gasteiger partial charge in [0.05, 0.1) is 6.16 Å². The molecule has 0 aromatic carbocycles. The van der Waals surface area contributed by atoms with Gasteiger partial charge in [-0.2, -0.15) is 0 Å². The van der Waals surface area contributed by atoms with Crippen LogP contribution in [0.2, 0.25) is 0 Å². The number of hydrogen-bond acceptors (Lipinski definition) is 3. The predicted molar refractivity (Wildman–Crippen MR) is 31.3 cm³/mol. The third-order valence-corrected chi connectivity index (χ3v) is 1.76. The Morgan fingerprint density at radius 2 is 2.11 bits per heavy atom. The largest absolute Gasteiger partial charge is 0.327 e. The van der Waals surface area contributed by atoms with Crippen molar-refractivity contribution in [1.82, 2.24) is 5.48 Å². The van der Waals surface area contributed by atoms with Crippen LogP contribution >= 0.6 is 7.60 Å². The molecular weight excluding hydrogens is 145 g/mol. The fraction of sp³-hybridized carbons (Fsp3) is 1.00. The second kappa shape index (κ2) is 3.29. The molecule has 0 rings (SSSR count). The molecule has 9 heavy (non-hydrogen) atoms. The zero-order valence-corrected chi connectivity index (χ0v) is 5.88. The van der Waals surface area contributed by atoms with E-state index in [4.69, 9.17) is 15.0 Å². The molecule has 5 nitrogen and oxygen atoms in total. The minimum absolute atomic E-state index is 0.344. The summed E-state index contributed by atoms with van der Waals surface area (Å²) in [4.78, 5) is 16.6. The van der Waals surface area contributed by atoms with Crippen LogP contribution in [0.15, 0.2) is 0 Å². The lowest BCUT2D eigenvalue weighted by Crippen LogP contribution is -2.25. The summed E-state index contributed by atoms with van der Waals surface area (Å²) < 4.78 is 10.1. The van der Waals surface area contributed by atoms with Gasteiger partial charge in [0.25, 0.3) is 0 Å². The summed E-state index contributed by atoms with van der Waals surface area (Å²) in [5.41, 5.74) is 1.73. The normalized spacial score (nSPS) is 15.6. The molecule has 0 aliphatic carbocycles. The summed E-state index contributed by atoms with van der Waals surface area (Å²) in [5, 5.41) is 8.10. The highest BCUT2D eigenvalue weighted by Gasteiger charge is 2.16. The quantitative estimate of drug-likeness (QED) is 0.327. The maximum absolute atomic E-state index is 10.1. The van der Waals surface area contributed by atoms with Crippen molar-refractivity contribution in [2.45, 2.75) is 13.0 Å². The summed E-state index contributed by atoms with van der Waals surface area (Å²) in [5.74, 6) is 0. The third-order valence-electron chi connectivity index (χ3n) is 0.732. The van der Waals surface area contributed by atoms with E-state index >= 15 is 0 Å². The van der Waals surface area contributed by atoms with Gasteiger partial charge < -0.3 is 15.0 Å². The molecule has 0 aromatic heterocycles. The second-order valence-electron chi connectivity index (χ2n) is 1.88. The monoisotopic (exact) mass is 155 g/mol. The molecule has 0 fully saturated rings. The lowest BCUT2D eigenvalue weighted by atomic mass is 10.4. The first kappa shape index (κ1) is 9.07. The summed E-state index contributed by atoms with van der Waals surface area (Å²) in [6, 6.07) is -0.564. The van der Waals surface area contributed by atoms with Gasteiger partial charge in [-0.1, -0.05) is 0 Å². The summed E-state index contributed by atoms with van der Waals surface area (Å²) >= 11 is 0. The molecular formula is C3H10NO4P. The molecule has 6 heteroatoms. The highest BCUT2D eigenvalue weighted by atomic mass is 31.2. The van der Waals surface area contributed by atoms with Gasteiger partial charge in [0.1, 0.15) is 0 Å². The first-order valence-electron chi connectivity index (χ1n) is 2.40. The van der Waals surface area contributed by atoms with Crippen LogP contribution < -0.4 is 5.48 Å². The van der Waals surface area contributed by atoms with E-state index in [0.29, 0.717) is 0 Å². The first-order chi connectivity index (χ1) is 3.95. The minimum Gasteiger partial charge on any atom is -0.324 e. The highest BCUT2D eigenvalue weighted by Crippen LogP contribution is 2.34. The Balaban J connectivity index is 3.60. The van der Waals surface area contributed by atoms with Crippen molar-refractivity contribution in [2.75, 3.05) is 6.16 Å². The van der Waals surface area contributed by atoms with E-state index in [1.807, 2.05) is 0 Å². The predicted octanol–water partition coefficient (Wildman–Crippen LogP) is -0.469. The molecule has 0 saturated carbocycles. The molecule has 1 unspecified atom stereocenters. The second-order valence-corrected chi connectivity index (χ2v) is 3.57. The van der Waals surface area contributed by atoms with Gasteiger partial charge in [-0.3, -0.25) is 4.57 Å². The summed E-state index contributed by atoms with van der Waals surface area (Å²) in [6.07, 6.45) is -0.344. The molecule has 1 atom stereocenters. The smallest absolute Gasteiger partial charge is 0.324 e. The molecule has 56 valence electrons. The van der Waals surface area contributed by atoms with Crippen LogP contribution in [0.4, 0.5) is 0 Å². The molecule has 0 aromatic rings. The summed E-state index contributed by atoms with van der Waals surface area (Å²) in [6.45, 7) is 1.47. The molecule has 0 heterocycles. The van der Waals surface area contributed by atoms with Crippen molar-refractivity contribution in [3.63, 3.8) is 0 Å². The van der Waals surface area contributed by atoms with Crippen molar-refractivity contribution in [3.05, 3.63) is 0 Å². The molecule has 0 amide bonds. The molecule has 0 aliphatic rings. The van der Waals surface area contributed by atoms with Gasteiger partial charge in [-0.15, -0.1) is 0 Å². The van der Waals surface area contributed by atoms with Gasteiger partial charge >= 0.3 is 7.60 Å². The molecule has 0 radical (unpaired) electrons. The summed E-state index contributed by atoms with van der Waals surface area (Å²) in [7, 11) is -3.96. The van der Waals surface area contributed by atoms with Gasteiger partial charge in [0.2, 0.25) is 0 Å². The average molecular weight is 155 g/mol. The molecule has 0 spiro atoms. The van der Waals surface area contributed by atoms with Gasteiger partial charge in [0, 0.05) is 6.04 Å². The lowest BCUT2D eigenvalue weighted by Gasteiger charge is -2.08. The van der Waals surface area contributed by atoms with Crippen molar-refractivity contribution in [2.24, 2.45) is 0 Å². The van der Waals surface area contributed by atoms with Crippen LogP contribution in [-0.2, 0) is 4.57 Å². The van der Waals surface area contributed by atoms with Crippen LogP contribution in [0, 0.1) is 0 Å². The van der Waals surface area contributed by atoms with E-state index in [0.717, 1.165) is 0 Å². The Kier molecular flexibility index (Phi) is 3.32. The number of nitrogens with one attached hydrogen (secondary N) is 1. The molecule has 0 aliphatic heterocycles. The van der Waals surface area contributed by atoms with Crippen molar-refractivity contribution in [3.8, 4) is 0 Å². The van der Waals surface area contributed by atoms with Gasteiger partial charge in [0.15, 0.2) is 0 Å². The first-order valence-corrected chi connectivity index (χ1v) is 4.19.